The first kappa shape index (κ1) is 14.1. The van der Waals surface area contributed by atoms with Crippen LogP contribution in [0, 0.1) is 5.82 Å². The lowest BCUT2D eigenvalue weighted by atomic mass is 10.2. The third kappa shape index (κ3) is 4.11. The highest BCUT2D eigenvalue weighted by molar-refractivity contribution is 5.29. The number of benzene rings is 1. The molecule has 0 amide bonds. The number of nitrogens with zero attached hydrogens (tertiary/aromatic N) is 1. The average Bonchev–Trinajstić information content (AvgIpc) is 3.16. The Morgan fingerprint density at radius 3 is 2.63 bits per heavy atom. The van der Waals surface area contributed by atoms with Gasteiger partial charge in [0.2, 0.25) is 0 Å². The summed E-state index contributed by atoms with van der Waals surface area (Å²) in [5.74, 6) is -1.24. The van der Waals surface area contributed by atoms with Gasteiger partial charge in [0, 0.05) is 19.1 Å². The molecule has 0 atom stereocenters. The second-order valence-electron chi connectivity index (χ2n) is 4.57. The minimum atomic E-state index is -3.03. The van der Waals surface area contributed by atoms with Crippen LogP contribution in [-0.4, -0.2) is 35.8 Å². The molecule has 1 fully saturated rings. The molecule has 19 heavy (non-hydrogen) atoms. The monoisotopic (exact) mass is 275 g/mol. The van der Waals surface area contributed by atoms with Gasteiger partial charge in [0.05, 0.1) is 6.61 Å². The van der Waals surface area contributed by atoms with Crippen LogP contribution in [0.5, 0.6) is 5.75 Å². The highest BCUT2D eigenvalue weighted by Crippen LogP contribution is 2.29. The minimum Gasteiger partial charge on any atom is -0.432 e. The van der Waals surface area contributed by atoms with E-state index in [9.17, 15) is 13.2 Å². The first-order valence-electron chi connectivity index (χ1n) is 6.18. The number of aliphatic hydroxyl groups excluding tert-OH is 1. The van der Waals surface area contributed by atoms with Crippen LogP contribution in [0.1, 0.15) is 18.4 Å². The van der Waals surface area contributed by atoms with Gasteiger partial charge >= 0.3 is 6.61 Å². The molecule has 1 aliphatic carbocycles. The van der Waals surface area contributed by atoms with Gasteiger partial charge in [0.15, 0.2) is 11.6 Å². The molecule has 0 bridgehead atoms. The highest BCUT2D eigenvalue weighted by atomic mass is 19.3. The molecule has 0 spiro atoms. The molecule has 0 aromatic heterocycles. The lowest BCUT2D eigenvalue weighted by molar-refractivity contribution is -0.0522. The van der Waals surface area contributed by atoms with Crippen LogP contribution >= 0.6 is 0 Å². The summed E-state index contributed by atoms with van der Waals surface area (Å²) in [6.45, 7) is -1.96. The van der Waals surface area contributed by atoms with Gasteiger partial charge in [-0.05, 0) is 30.5 Å². The fourth-order valence-electron chi connectivity index (χ4n) is 2.03. The molecule has 0 aliphatic heterocycles. The van der Waals surface area contributed by atoms with Crippen molar-refractivity contribution in [2.75, 3.05) is 13.2 Å². The van der Waals surface area contributed by atoms with E-state index < -0.39 is 18.2 Å². The van der Waals surface area contributed by atoms with Crippen molar-refractivity contribution in [3.8, 4) is 5.75 Å². The molecule has 1 aliphatic rings. The molecule has 0 heterocycles. The summed E-state index contributed by atoms with van der Waals surface area (Å²) in [6.07, 6.45) is 2.16. The summed E-state index contributed by atoms with van der Waals surface area (Å²) >= 11 is 0. The van der Waals surface area contributed by atoms with Crippen LogP contribution in [0.4, 0.5) is 13.2 Å². The largest absolute Gasteiger partial charge is 0.432 e. The molecule has 0 unspecified atom stereocenters. The number of hydrogen-bond donors (Lipinski definition) is 1. The number of rotatable bonds is 7. The Labute approximate surface area is 109 Å². The van der Waals surface area contributed by atoms with Gasteiger partial charge in [-0.3, -0.25) is 4.90 Å². The number of hydrogen-bond acceptors (Lipinski definition) is 3. The first-order valence-corrected chi connectivity index (χ1v) is 6.18. The van der Waals surface area contributed by atoms with E-state index in [2.05, 4.69) is 9.64 Å². The van der Waals surface area contributed by atoms with Crippen molar-refractivity contribution < 1.29 is 23.0 Å². The van der Waals surface area contributed by atoms with Crippen molar-refractivity contribution >= 4 is 0 Å². The first-order chi connectivity index (χ1) is 9.10. The zero-order chi connectivity index (χ0) is 13.8. The standard InChI is InChI=1S/C13H16F3NO2/c14-11-7-9(1-4-12(11)19-13(15)16)8-17(5-6-18)10-2-3-10/h1,4,7,10,13,18H,2-3,5-6,8H2. The van der Waals surface area contributed by atoms with E-state index in [-0.39, 0.29) is 6.61 Å². The number of ether oxygens (including phenoxy) is 1. The molecule has 2 rings (SSSR count). The van der Waals surface area contributed by atoms with Gasteiger partial charge in [-0.2, -0.15) is 8.78 Å². The zero-order valence-corrected chi connectivity index (χ0v) is 10.4. The van der Waals surface area contributed by atoms with Crippen molar-refractivity contribution in [2.45, 2.75) is 32.0 Å². The number of halogens is 3. The summed E-state index contributed by atoms with van der Waals surface area (Å²) in [4.78, 5) is 2.06. The van der Waals surface area contributed by atoms with Crippen molar-refractivity contribution in [1.82, 2.24) is 4.90 Å². The maximum absolute atomic E-state index is 13.5. The summed E-state index contributed by atoms with van der Waals surface area (Å²) in [7, 11) is 0. The fourth-order valence-corrected chi connectivity index (χ4v) is 2.03. The maximum Gasteiger partial charge on any atom is 0.387 e. The molecule has 0 radical (unpaired) electrons. The van der Waals surface area contributed by atoms with Crippen molar-refractivity contribution in [2.24, 2.45) is 0 Å². The lowest BCUT2D eigenvalue weighted by Gasteiger charge is -2.21. The van der Waals surface area contributed by atoms with E-state index in [0.717, 1.165) is 12.8 Å². The van der Waals surface area contributed by atoms with Gasteiger partial charge in [0.25, 0.3) is 0 Å². The van der Waals surface area contributed by atoms with Crippen molar-refractivity contribution in [1.29, 1.82) is 0 Å². The predicted octanol–water partition coefficient (Wildman–Crippen LogP) is 2.38. The third-order valence-corrected chi connectivity index (χ3v) is 3.05. The molecule has 1 saturated carbocycles. The molecule has 106 valence electrons. The van der Waals surface area contributed by atoms with Crippen LogP contribution in [0.15, 0.2) is 18.2 Å². The highest BCUT2D eigenvalue weighted by Gasteiger charge is 2.28. The quantitative estimate of drug-likeness (QED) is 0.829. The number of alkyl halides is 2. The number of aliphatic hydroxyl groups is 1. The van der Waals surface area contributed by atoms with Gasteiger partial charge in [-0.1, -0.05) is 6.07 Å². The summed E-state index contributed by atoms with van der Waals surface area (Å²) in [6, 6.07) is 4.41. The Balaban J connectivity index is 2.02. The second-order valence-corrected chi connectivity index (χ2v) is 4.57. The van der Waals surface area contributed by atoms with E-state index in [1.165, 1.54) is 12.1 Å². The fraction of sp³-hybridized carbons (Fsp3) is 0.538. The van der Waals surface area contributed by atoms with E-state index in [0.29, 0.717) is 24.7 Å². The summed E-state index contributed by atoms with van der Waals surface area (Å²) in [5.41, 5.74) is 0.680. The van der Waals surface area contributed by atoms with Crippen LogP contribution in [0.2, 0.25) is 0 Å². The van der Waals surface area contributed by atoms with E-state index in [4.69, 9.17) is 5.11 Å². The normalized spacial score (nSPS) is 15.3. The lowest BCUT2D eigenvalue weighted by Crippen LogP contribution is -2.28. The Morgan fingerprint density at radius 2 is 2.11 bits per heavy atom. The maximum atomic E-state index is 13.5. The molecule has 1 N–H and O–H groups in total. The molecular weight excluding hydrogens is 259 g/mol. The Bertz CT molecular complexity index is 424. The summed E-state index contributed by atoms with van der Waals surface area (Å²) in [5, 5.41) is 8.97. The Hall–Kier alpha value is -1.27. The van der Waals surface area contributed by atoms with Crippen LogP contribution in [0.3, 0.4) is 0 Å². The molecule has 0 saturated heterocycles. The molecule has 1 aromatic rings. The van der Waals surface area contributed by atoms with Gasteiger partial charge in [0.1, 0.15) is 0 Å². The smallest absolute Gasteiger partial charge is 0.387 e. The van der Waals surface area contributed by atoms with Gasteiger partial charge < -0.3 is 9.84 Å². The van der Waals surface area contributed by atoms with E-state index in [1.54, 1.807) is 6.07 Å². The average molecular weight is 275 g/mol. The van der Waals surface area contributed by atoms with Crippen molar-refractivity contribution in [3.05, 3.63) is 29.6 Å². The molecular formula is C13H16F3NO2. The third-order valence-electron chi connectivity index (χ3n) is 3.05. The predicted molar refractivity (Wildman–Crippen MR) is 63.5 cm³/mol. The SMILES string of the molecule is OCCN(Cc1ccc(OC(F)F)c(F)c1)C1CC1. The van der Waals surface area contributed by atoms with Gasteiger partial charge in [-0.15, -0.1) is 0 Å². The van der Waals surface area contributed by atoms with Crippen LogP contribution in [-0.2, 0) is 6.54 Å². The topological polar surface area (TPSA) is 32.7 Å². The minimum absolute atomic E-state index is 0.0472. The Kier molecular flexibility index (Phi) is 4.66. The van der Waals surface area contributed by atoms with Crippen LogP contribution in [0.25, 0.3) is 0 Å². The zero-order valence-electron chi connectivity index (χ0n) is 10.4. The molecule has 6 heteroatoms. The van der Waals surface area contributed by atoms with E-state index in [1.807, 2.05) is 0 Å². The Morgan fingerprint density at radius 1 is 1.37 bits per heavy atom. The molecule has 1 aromatic carbocycles. The van der Waals surface area contributed by atoms with Gasteiger partial charge in [-0.25, -0.2) is 4.39 Å². The van der Waals surface area contributed by atoms with E-state index >= 15 is 0 Å². The second kappa shape index (κ2) is 6.25. The molecule has 3 nitrogen and oxygen atoms in total. The van der Waals surface area contributed by atoms with Crippen LogP contribution < -0.4 is 4.74 Å². The van der Waals surface area contributed by atoms with Crippen molar-refractivity contribution in [3.63, 3.8) is 0 Å². The summed E-state index contributed by atoms with van der Waals surface area (Å²) < 4.78 is 41.6.